The molecule has 0 bridgehead atoms. The van der Waals surface area contributed by atoms with E-state index in [-0.39, 0.29) is 17.1 Å². The van der Waals surface area contributed by atoms with Gasteiger partial charge in [0.2, 0.25) is 0 Å². The van der Waals surface area contributed by atoms with Crippen molar-refractivity contribution in [3.05, 3.63) is 35.6 Å². The molecule has 0 saturated heterocycles. The number of halogens is 1. The van der Waals surface area contributed by atoms with Crippen LogP contribution >= 0.6 is 11.8 Å². The number of thioether (sulfide) groups is 1. The monoisotopic (exact) mass is 267 g/mol. The fourth-order valence-electron chi connectivity index (χ4n) is 2.59. The summed E-state index contributed by atoms with van der Waals surface area (Å²) >= 11 is 1.88. The van der Waals surface area contributed by atoms with Crippen LogP contribution in [0.2, 0.25) is 0 Å². The van der Waals surface area contributed by atoms with Gasteiger partial charge in [-0.15, -0.1) is 11.8 Å². The minimum absolute atomic E-state index is 0.0196. The minimum atomic E-state index is -0.122. The first-order valence-electron chi connectivity index (χ1n) is 6.84. The summed E-state index contributed by atoms with van der Waals surface area (Å²) < 4.78 is 13.9. The van der Waals surface area contributed by atoms with Crippen LogP contribution < -0.4 is 5.73 Å². The average molecular weight is 267 g/mol. The second kappa shape index (κ2) is 6.58. The van der Waals surface area contributed by atoms with E-state index in [1.165, 1.54) is 38.2 Å². The van der Waals surface area contributed by atoms with E-state index in [4.69, 9.17) is 5.73 Å². The minimum Gasteiger partial charge on any atom is -0.327 e. The largest absolute Gasteiger partial charge is 0.327 e. The second-order valence-electron chi connectivity index (χ2n) is 5.20. The van der Waals surface area contributed by atoms with E-state index in [2.05, 4.69) is 0 Å². The summed E-state index contributed by atoms with van der Waals surface area (Å²) in [6, 6.07) is 7.02. The van der Waals surface area contributed by atoms with Crippen LogP contribution in [0.4, 0.5) is 4.39 Å². The van der Waals surface area contributed by atoms with Gasteiger partial charge in [0.1, 0.15) is 5.82 Å². The number of hydrogen-bond donors (Lipinski definition) is 1. The normalized spacial score (nSPS) is 20.6. The zero-order valence-corrected chi connectivity index (χ0v) is 11.8. The highest BCUT2D eigenvalue weighted by molar-refractivity contribution is 8.00. The Morgan fingerprint density at radius 1 is 1.22 bits per heavy atom. The molecule has 18 heavy (non-hydrogen) atoms. The van der Waals surface area contributed by atoms with Crippen molar-refractivity contribution in [2.24, 2.45) is 5.73 Å². The number of benzene rings is 1. The molecule has 2 atom stereocenters. The van der Waals surface area contributed by atoms with E-state index < -0.39 is 0 Å². The second-order valence-corrected chi connectivity index (χ2v) is 6.64. The smallest absolute Gasteiger partial charge is 0.127 e. The number of hydrogen-bond acceptors (Lipinski definition) is 2. The van der Waals surface area contributed by atoms with E-state index in [1.807, 2.05) is 30.8 Å². The quantitative estimate of drug-likeness (QED) is 0.881. The van der Waals surface area contributed by atoms with Crippen LogP contribution in [0, 0.1) is 5.82 Å². The Bertz CT molecular complexity index is 375. The molecule has 0 aliphatic heterocycles. The molecule has 0 amide bonds. The molecule has 1 aromatic carbocycles. The third-order valence-electron chi connectivity index (χ3n) is 3.58. The van der Waals surface area contributed by atoms with Crippen molar-refractivity contribution >= 4 is 11.8 Å². The lowest BCUT2D eigenvalue weighted by Crippen LogP contribution is -2.25. The zero-order valence-electron chi connectivity index (χ0n) is 10.9. The summed E-state index contributed by atoms with van der Waals surface area (Å²) in [4.78, 5) is 0. The molecule has 1 aliphatic rings. The fourth-order valence-corrected chi connectivity index (χ4v) is 4.20. The van der Waals surface area contributed by atoms with Gasteiger partial charge >= 0.3 is 0 Å². The molecule has 0 aromatic heterocycles. The van der Waals surface area contributed by atoms with Crippen molar-refractivity contribution < 1.29 is 4.39 Å². The van der Waals surface area contributed by atoms with Gasteiger partial charge in [0, 0.05) is 22.1 Å². The SMILES string of the molecule is CC(N)C(SC1CCCCC1)c1ccccc1F. The molecule has 3 heteroatoms. The van der Waals surface area contributed by atoms with Gasteiger partial charge in [-0.3, -0.25) is 0 Å². The lowest BCUT2D eigenvalue weighted by atomic mass is 10.0. The van der Waals surface area contributed by atoms with Gasteiger partial charge < -0.3 is 5.73 Å². The Balaban J connectivity index is 2.10. The third kappa shape index (κ3) is 3.48. The van der Waals surface area contributed by atoms with Crippen molar-refractivity contribution in [3.8, 4) is 0 Å². The number of nitrogens with two attached hydrogens (primary N) is 1. The Hall–Kier alpha value is -0.540. The van der Waals surface area contributed by atoms with Crippen LogP contribution in [-0.2, 0) is 0 Å². The molecular formula is C15H22FNS. The molecule has 2 N–H and O–H groups in total. The van der Waals surface area contributed by atoms with Crippen LogP contribution in [-0.4, -0.2) is 11.3 Å². The number of rotatable bonds is 4. The van der Waals surface area contributed by atoms with E-state index in [1.54, 1.807) is 6.07 Å². The van der Waals surface area contributed by atoms with Gasteiger partial charge in [0.15, 0.2) is 0 Å². The fraction of sp³-hybridized carbons (Fsp3) is 0.600. The van der Waals surface area contributed by atoms with Crippen LogP contribution in [0.25, 0.3) is 0 Å². The molecule has 0 radical (unpaired) electrons. The van der Waals surface area contributed by atoms with Crippen molar-refractivity contribution in [3.63, 3.8) is 0 Å². The van der Waals surface area contributed by atoms with Crippen molar-refractivity contribution in [2.45, 2.75) is 55.6 Å². The maximum Gasteiger partial charge on any atom is 0.127 e. The van der Waals surface area contributed by atoms with Crippen LogP contribution in [0.1, 0.15) is 49.8 Å². The summed E-state index contributed by atoms with van der Waals surface area (Å²) in [5.74, 6) is -0.122. The molecule has 1 nitrogen and oxygen atoms in total. The third-order valence-corrected chi connectivity index (χ3v) is 5.41. The van der Waals surface area contributed by atoms with Crippen molar-refractivity contribution in [1.29, 1.82) is 0 Å². The van der Waals surface area contributed by atoms with Gasteiger partial charge in [-0.05, 0) is 25.8 Å². The maximum atomic E-state index is 13.9. The standard InChI is InChI=1S/C15H22FNS/c1-11(17)15(13-9-5-6-10-14(13)16)18-12-7-3-2-4-8-12/h5-6,9-12,15H,2-4,7-8,17H2,1H3. The molecule has 0 heterocycles. The molecule has 0 spiro atoms. The van der Waals surface area contributed by atoms with Crippen LogP contribution in [0.5, 0.6) is 0 Å². The molecule has 2 unspecified atom stereocenters. The van der Waals surface area contributed by atoms with Gasteiger partial charge in [-0.25, -0.2) is 4.39 Å². The molecule has 1 aromatic rings. The van der Waals surface area contributed by atoms with Gasteiger partial charge in [0.05, 0.1) is 0 Å². The first kappa shape index (κ1) is 13.9. The Kier molecular flexibility index (Phi) is 5.07. The van der Waals surface area contributed by atoms with Crippen LogP contribution in [0.3, 0.4) is 0 Å². The Morgan fingerprint density at radius 2 is 1.89 bits per heavy atom. The zero-order chi connectivity index (χ0) is 13.0. The summed E-state index contributed by atoms with van der Waals surface area (Å²) in [6.07, 6.45) is 6.46. The average Bonchev–Trinajstić information content (AvgIpc) is 2.38. The molecule has 1 fully saturated rings. The highest BCUT2D eigenvalue weighted by Gasteiger charge is 2.25. The molecular weight excluding hydrogens is 245 g/mol. The first-order valence-corrected chi connectivity index (χ1v) is 7.78. The highest BCUT2D eigenvalue weighted by Crippen LogP contribution is 2.40. The predicted molar refractivity (Wildman–Crippen MR) is 77.3 cm³/mol. The van der Waals surface area contributed by atoms with Gasteiger partial charge in [0.25, 0.3) is 0 Å². The van der Waals surface area contributed by atoms with Crippen molar-refractivity contribution in [2.75, 3.05) is 0 Å². The van der Waals surface area contributed by atoms with Gasteiger partial charge in [-0.1, -0.05) is 37.5 Å². The molecule has 2 rings (SSSR count). The van der Waals surface area contributed by atoms with Crippen LogP contribution in [0.15, 0.2) is 24.3 Å². The Labute approximate surface area is 113 Å². The predicted octanol–water partition coefficient (Wildman–Crippen LogP) is 4.28. The summed E-state index contributed by atoms with van der Waals surface area (Å²) in [5, 5.41) is 0.726. The first-order chi connectivity index (χ1) is 8.68. The summed E-state index contributed by atoms with van der Waals surface area (Å²) in [5.41, 5.74) is 6.83. The highest BCUT2D eigenvalue weighted by atomic mass is 32.2. The van der Waals surface area contributed by atoms with Gasteiger partial charge in [-0.2, -0.15) is 0 Å². The van der Waals surface area contributed by atoms with E-state index in [0.717, 1.165) is 5.56 Å². The lowest BCUT2D eigenvalue weighted by molar-refractivity contribution is 0.512. The van der Waals surface area contributed by atoms with Crippen molar-refractivity contribution in [1.82, 2.24) is 0 Å². The molecule has 100 valence electrons. The van der Waals surface area contributed by atoms with E-state index in [0.29, 0.717) is 5.25 Å². The maximum absolute atomic E-state index is 13.9. The van der Waals surface area contributed by atoms with E-state index in [9.17, 15) is 4.39 Å². The molecule has 1 aliphatic carbocycles. The summed E-state index contributed by atoms with van der Waals surface area (Å²) in [7, 11) is 0. The molecule has 1 saturated carbocycles. The van der Waals surface area contributed by atoms with E-state index >= 15 is 0 Å². The summed E-state index contributed by atoms with van der Waals surface area (Å²) in [6.45, 7) is 1.98. The lowest BCUT2D eigenvalue weighted by Gasteiger charge is -2.28. The Morgan fingerprint density at radius 3 is 2.50 bits per heavy atom. The topological polar surface area (TPSA) is 26.0 Å².